The van der Waals surface area contributed by atoms with E-state index < -0.39 is 0 Å². The molecule has 5 heteroatoms. The molecule has 0 saturated carbocycles. The summed E-state index contributed by atoms with van der Waals surface area (Å²) in [6, 6.07) is 5.92. The molecule has 0 unspecified atom stereocenters. The molecular formula is C13H14ClN3S. The SMILES string of the molecule is Cc1ccc(-n2nc(C)c(Cl)c2C)c(C(N)=S)c1. The van der Waals surface area contributed by atoms with Crippen molar-refractivity contribution in [1.29, 1.82) is 0 Å². The topological polar surface area (TPSA) is 43.8 Å². The molecule has 3 nitrogen and oxygen atoms in total. The number of hydrogen-bond acceptors (Lipinski definition) is 2. The van der Waals surface area contributed by atoms with Crippen molar-refractivity contribution in [2.24, 2.45) is 5.73 Å². The summed E-state index contributed by atoms with van der Waals surface area (Å²) in [5.41, 5.74) is 10.2. The van der Waals surface area contributed by atoms with Crippen LogP contribution in [0.25, 0.3) is 5.69 Å². The van der Waals surface area contributed by atoms with Crippen molar-refractivity contribution in [3.05, 3.63) is 45.7 Å². The van der Waals surface area contributed by atoms with Gasteiger partial charge in [-0.15, -0.1) is 0 Å². The highest BCUT2D eigenvalue weighted by Crippen LogP contribution is 2.24. The van der Waals surface area contributed by atoms with E-state index in [1.165, 1.54) is 0 Å². The Balaban J connectivity index is 2.71. The fourth-order valence-electron chi connectivity index (χ4n) is 1.89. The van der Waals surface area contributed by atoms with Crippen molar-refractivity contribution in [3.63, 3.8) is 0 Å². The van der Waals surface area contributed by atoms with Gasteiger partial charge in [0, 0.05) is 5.56 Å². The smallest absolute Gasteiger partial charge is 0.106 e. The van der Waals surface area contributed by atoms with E-state index in [9.17, 15) is 0 Å². The lowest BCUT2D eigenvalue weighted by molar-refractivity contribution is 0.831. The lowest BCUT2D eigenvalue weighted by atomic mass is 10.1. The van der Waals surface area contributed by atoms with Gasteiger partial charge in [-0.1, -0.05) is 35.4 Å². The van der Waals surface area contributed by atoms with Gasteiger partial charge in [-0.2, -0.15) is 5.10 Å². The zero-order valence-electron chi connectivity index (χ0n) is 10.5. The van der Waals surface area contributed by atoms with Crippen molar-refractivity contribution in [3.8, 4) is 5.69 Å². The van der Waals surface area contributed by atoms with Gasteiger partial charge >= 0.3 is 0 Å². The molecule has 0 atom stereocenters. The first-order valence-corrected chi connectivity index (χ1v) is 6.33. The molecule has 0 fully saturated rings. The van der Waals surface area contributed by atoms with E-state index in [0.717, 1.165) is 28.2 Å². The average molecular weight is 280 g/mol. The van der Waals surface area contributed by atoms with Crippen LogP contribution in [-0.2, 0) is 0 Å². The van der Waals surface area contributed by atoms with Crippen LogP contribution in [0, 0.1) is 20.8 Å². The molecule has 0 aliphatic carbocycles. The van der Waals surface area contributed by atoms with E-state index in [1.807, 2.05) is 39.0 Å². The summed E-state index contributed by atoms with van der Waals surface area (Å²) in [6.45, 7) is 5.80. The molecule has 0 amide bonds. The number of rotatable bonds is 2. The number of nitrogens with two attached hydrogens (primary N) is 1. The van der Waals surface area contributed by atoms with Crippen LogP contribution in [0.15, 0.2) is 18.2 Å². The highest BCUT2D eigenvalue weighted by Gasteiger charge is 2.14. The van der Waals surface area contributed by atoms with Crippen LogP contribution in [0.4, 0.5) is 0 Å². The van der Waals surface area contributed by atoms with Crippen LogP contribution in [0.1, 0.15) is 22.5 Å². The summed E-state index contributed by atoms with van der Waals surface area (Å²) in [5.74, 6) is 0. The molecular weight excluding hydrogens is 266 g/mol. The fraction of sp³-hybridized carbons (Fsp3) is 0.231. The zero-order chi connectivity index (χ0) is 13.4. The van der Waals surface area contributed by atoms with Gasteiger partial charge in [0.25, 0.3) is 0 Å². The number of benzene rings is 1. The normalized spacial score (nSPS) is 10.7. The van der Waals surface area contributed by atoms with Gasteiger partial charge in [-0.25, -0.2) is 4.68 Å². The minimum Gasteiger partial charge on any atom is -0.389 e. The molecule has 2 aromatic rings. The monoisotopic (exact) mass is 279 g/mol. The third-order valence-electron chi connectivity index (χ3n) is 2.85. The number of thiocarbonyl (C=S) groups is 1. The molecule has 0 radical (unpaired) electrons. The maximum atomic E-state index is 6.16. The quantitative estimate of drug-likeness (QED) is 0.859. The van der Waals surface area contributed by atoms with Gasteiger partial charge in [0.05, 0.1) is 22.1 Å². The highest BCUT2D eigenvalue weighted by molar-refractivity contribution is 7.80. The highest BCUT2D eigenvalue weighted by atomic mass is 35.5. The molecule has 2 N–H and O–H groups in total. The van der Waals surface area contributed by atoms with E-state index in [4.69, 9.17) is 29.6 Å². The molecule has 94 valence electrons. The van der Waals surface area contributed by atoms with E-state index in [0.29, 0.717) is 10.0 Å². The predicted molar refractivity (Wildman–Crippen MR) is 78.7 cm³/mol. The van der Waals surface area contributed by atoms with Crippen LogP contribution in [0.5, 0.6) is 0 Å². The first kappa shape index (κ1) is 13.1. The Bertz CT molecular complexity index is 631. The lowest BCUT2D eigenvalue weighted by Crippen LogP contribution is -2.14. The molecule has 1 aromatic heterocycles. The molecule has 18 heavy (non-hydrogen) atoms. The van der Waals surface area contributed by atoms with Gasteiger partial charge in [-0.05, 0) is 32.9 Å². The van der Waals surface area contributed by atoms with Crippen molar-refractivity contribution in [2.45, 2.75) is 20.8 Å². The Hall–Kier alpha value is -1.39. The molecule has 0 spiro atoms. The molecule has 0 bridgehead atoms. The van der Waals surface area contributed by atoms with Crippen molar-refractivity contribution < 1.29 is 0 Å². The Morgan fingerprint density at radius 3 is 2.50 bits per heavy atom. The third-order valence-corrected chi connectivity index (χ3v) is 3.62. The molecule has 0 saturated heterocycles. The predicted octanol–water partition coefficient (Wildman–Crippen LogP) is 3.09. The van der Waals surface area contributed by atoms with Crippen LogP contribution in [0.3, 0.4) is 0 Å². The second-order valence-corrected chi connectivity index (χ2v) is 5.10. The third kappa shape index (κ3) is 2.13. The summed E-state index contributed by atoms with van der Waals surface area (Å²) in [6.07, 6.45) is 0. The van der Waals surface area contributed by atoms with Gasteiger partial charge in [0.15, 0.2) is 0 Å². The summed E-state index contributed by atoms with van der Waals surface area (Å²) in [5, 5.41) is 5.09. The number of aromatic nitrogens is 2. The van der Waals surface area contributed by atoms with Crippen LogP contribution in [-0.4, -0.2) is 14.8 Å². The van der Waals surface area contributed by atoms with Gasteiger partial charge < -0.3 is 5.73 Å². The Morgan fingerprint density at radius 2 is 2.00 bits per heavy atom. The number of hydrogen-bond donors (Lipinski definition) is 1. The number of nitrogens with zero attached hydrogens (tertiary/aromatic N) is 2. The number of aryl methyl sites for hydroxylation is 2. The Labute approximate surface area is 117 Å². The Morgan fingerprint density at radius 1 is 1.33 bits per heavy atom. The summed E-state index contributed by atoms with van der Waals surface area (Å²) < 4.78 is 1.78. The van der Waals surface area contributed by atoms with Crippen LogP contribution < -0.4 is 5.73 Å². The van der Waals surface area contributed by atoms with Crippen LogP contribution in [0.2, 0.25) is 5.02 Å². The van der Waals surface area contributed by atoms with Gasteiger partial charge in [-0.3, -0.25) is 0 Å². The minimum absolute atomic E-state index is 0.359. The van der Waals surface area contributed by atoms with Gasteiger partial charge in [0.2, 0.25) is 0 Å². The standard InChI is InChI=1S/C13H14ClN3S/c1-7-4-5-11(10(6-7)13(15)18)17-9(3)12(14)8(2)16-17/h4-6H,1-3H3,(H2,15,18). The summed E-state index contributed by atoms with van der Waals surface area (Å²) in [4.78, 5) is 0.359. The maximum Gasteiger partial charge on any atom is 0.106 e. The molecule has 0 aliphatic rings. The number of halogens is 1. The summed E-state index contributed by atoms with van der Waals surface area (Å²) in [7, 11) is 0. The van der Waals surface area contributed by atoms with Gasteiger partial charge in [0.1, 0.15) is 4.99 Å². The Kier molecular flexibility index (Phi) is 3.41. The van der Waals surface area contributed by atoms with Crippen molar-refractivity contribution >= 4 is 28.8 Å². The molecule has 1 heterocycles. The first-order valence-electron chi connectivity index (χ1n) is 5.54. The van der Waals surface area contributed by atoms with E-state index in [2.05, 4.69) is 5.10 Å². The zero-order valence-corrected chi connectivity index (χ0v) is 12.1. The van der Waals surface area contributed by atoms with Crippen molar-refractivity contribution in [2.75, 3.05) is 0 Å². The summed E-state index contributed by atoms with van der Waals surface area (Å²) >= 11 is 11.3. The van der Waals surface area contributed by atoms with E-state index >= 15 is 0 Å². The molecule has 2 rings (SSSR count). The van der Waals surface area contributed by atoms with E-state index in [-0.39, 0.29) is 0 Å². The molecule has 0 aliphatic heterocycles. The molecule has 1 aromatic carbocycles. The van der Waals surface area contributed by atoms with Crippen molar-refractivity contribution in [1.82, 2.24) is 9.78 Å². The lowest BCUT2D eigenvalue weighted by Gasteiger charge is -2.11. The fourth-order valence-corrected chi connectivity index (χ4v) is 2.17. The van der Waals surface area contributed by atoms with E-state index in [1.54, 1.807) is 4.68 Å². The maximum absolute atomic E-state index is 6.16. The average Bonchev–Trinajstić information content (AvgIpc) is 2.57. The second-order valence-electron chi connectivity index (χ2n) is 4.28. The first-order chi connectivity index (χ1) is 8.41. The second kappa shape index (κ2) is 4.71. The largest absolute Gasteiger partial charge is 0.389 e. The minimum atomic E-state index is 0.359. The van der Waals surface area contributed by atoms with Crippen LogP contribution >= 0.6 is 23.8 Å².